The largest absolute Gasteiger partial charge is 0.352 e. The van der Waals surface area contributed by atoms with E-state index in [9.17, 15) is 4.79 Å². The fourth-order valence-electron chi connectivity index (χ4n) is 2.20. The Morgan fingerprint density at radius 2 is 2.25 bits per heavy atom. The lowest BCUT2D eigenvalue weighted by atomic mass is 10.1. The average Bonchev–Trinajstić information content (AvgIpc) is 3.12. The molecule has 2 aromatic heterocycles. The van der Waals surface area contributed by atoms with Gasteiger partial charge in [0, 0.05) is 18.3 Å². The maximum absolute atomic E-state index is 11.9. The van der Waals surface area contributed by atoms with Crippen LogP contribution in [0.15, 0.2) is 23.7 Å². The number of hydrogen-bond donors (Lipinski definition) is 2. The van der Waals surface area contributed by atoms with Crippen LogP contribution in [0.4, 0.5) is 0 Å². The highest BCUT2D eigenvalue weighted by Gasteiger charge is 2.26. The Balaban J connectivity index is 1.64. The van der Waals surface area contributed by atoms with Gasteiger partial charge in [-0.25, -0.2) is 0 Å². The van der Waals surface area contributed by atoms with Gasteiger partial charge in [-0.3, -0.25) is 15.1 Å². The van der Waals surface area contributed by atoms with E-state index in [1.807, 2.05) is 24.6 Å². The minimum atomic E-state index is -0.190. The third-order valence-electron chi connectivity index (χ3n) is 3.64. The summed E-state index contributed by atoms with van der Waals surface area (Å²) in [6, 6.07) is 4.49. The van der Waals surface area contributed by atoms with Crippen molar-refractivity contribution in [2.24, 2.45) is 0 Å². The Morgan fingerprint density at radius 1 is 1.45 bits per heavy atom. The molecule has 2 aromatic rings. The van der Waals surface area contributed by atoms with Gasteiger partial charge >= 0.3 is 0 Å². The summed E-state index contributed by atoms with van der Waals surface area (Å²) in [5.74, 6) is 0.0875. The summed E-state index contributed by atoms with van der Waals surface area (Å²) in [6.07, 6.45) is 4.12. The van der Waals surface area contributed by atoms with E-state index in [0.717, 1.165) is 23.9 Å². The lowest BCUT2D eigenvalue weighted by molar-refractivity contribution is -0.123. The predicted octanol–water partition coefficient (Wildman–Crippen LogP) is 2.61. The molecular formula is C15H19N3OS. The highest BCUT2D eigenvalue weighted by Crippen LogP contribution is 2.23. The van der Waals surface area contributed by atoms with Gasteiger partial charge in [-0.1, -0.05) is 0 Å². The first kappa shape index (κ1) is 13.5. The minimum Gasteiger partial charge on any atom is -0.352 e. The molecule has 0 aliphatic heterocycles. The quantitative estimate of drug-likeness (QED) is 0.889. The lowest BCUT2D eigenvalue weighted by Gasteiger charge is -2.19. The van der Waals surface area contributed by atoms with E-state index in [4.69, 9.17) is 0 Å². The van der Waals surface area contributed by atoms with Crippen molar-refractivity contribution in [1.82, 2.24) is 15.6 Å². The smallest absolute Gasteiger partial charge is 0.237 e. The van der Waals surface area contributed by atoms with Gasteiger partial charge in [0.25, 0.3) is 0 Å². The summed E-state index contributed by atoms with van der Waals surface area (Å²) in [6.45, 7) is 3.97. The molecule has 1 amide bonds. The van der Waals surface area contributed by atoms with Crippen molar-refractivity contribution in [2.45, 2.75) is 44.8 Å². The van der Waals surface area contributed by atoms with Gasteiger partial charge in [-0.2, -0.15) is 0 Å². The second-order valence-electron chi connectivity index (χ2n) is 5.47. The minimum absolute atomic E-state index is 0.0875. The van der Waals surface area contributed by atoms with Crippen LogP contribution in [0.25, 0.3) is 10.2 Å². The SMILES string of the molecule is CC(NC(C)c1cnc2ccsc2c1)C(=O)NC1CC1. The molecule has 1 aliphatic carbocycles. The number of aromatic nitrogens is 1. The van der Waals surface area contributed by atoms with Crippen LogP contribution in [0, 0.1) is 0 Å². The van der Waals surface area contributed by atoms with E-state index in [1.165, 1.54) is 4.70 Å². The summed E-state index contributed by atoms with van der Waals surface area (Å²) in [5, 5.41) is 8.41. The molecule has 3 rings (SSSR count). The molecule has 2 atom stereocenters. The van der Waals surface area contributed by atoms with Crippen molar-refractivity contribution >= 4 is 27.5 Å². The second kappa shape index (κ2) is 5.50. The Morgan fingerprint density at radius 3 is 3.00 bits per heavy atom. The van der Waals surface area contributed by atoms with Gasteiger partial charge in [0.05, 0.1) is 16.3 Å². The van der Waals surface area contributed by atoms with Crippen molar-refractivity contribution in [3.05, 3.63) is 29.3 Å². The number of carbonyl (C=O) groups excluding carboxylic acids is 1. The number of fused-ring (bicyclic) bond motifs is 1. The molecule has 0 saturated heterocycles. The maximum Gasteiger partial charge on any atom is 0.237 e. The highest BCUT2D eigenvalue weighted by atomic mass is 32.1. The van der Waals surface area contributed by atoms with Crippen LogP contribution < -0.4 is 10.6 Å². The molecule has 2 unspecified atom stereocenters. The Bertz CT molecular complexity index is 620. The predicted molar refractivity (Wildman–Crippen MR) is 81.8 cm³/mol. The van der Waals surface area contributed by atoms with E-state index < -0.39 is 0 Å². The number of nitrogens with zero attached hydrogens (tertiary/aromatic N) is 1. The highest BCUT2D eigenvalue weighted by molar-refractivity contribution is 7.17. The van der Waals surface area contributed by atoms with Crippen molar-refractivity contribution in [1.29, 1.82) is 0 Å². The first-order chi connectivity index (χ1) is 9.63. The summed E-state index contributed by atoms with van der Waals surface area (Å²) >= 11 is 1.69. The van der Waals surface area contributed by atoms with E-state index >= 15 is 0 Å². The molecule has 1 aliphatic rings. The molecule has 20 heavy (non-hydrogen) atoms. The van der Waals surface area contributed by atoms with Crippen molar-refractivity contribution in [2.75, 3.05) is 0 Å². The maximum atomic E-state index is 11.9. The lowest BCUT2D eigenvalue weighted by Crippen LogP contribution is -2.43. The van der Waals surface area contributed by atoms with Crippen LogP contribution in [0.3, 0.4) is 0 Å². The Kier molecular flexibility index (Phi) is 3.72. The van der Waals surface area contributed by atoms with E-state index in [0.29, 0.717) is 6.04 Å². The van der Waals surface area contributed by atoms with Gasteiger partial charge < -0.3 is 5.32 Å². The number of amides is 1. The molecular weight excluding hydrogens is 270 g/mol. The van der Waals surface area contributed by atoms with Crippen LogP contribution >= 0.6 is 11.3 Å². The molecule has 1 fully saturated rings. The van der Waals surface area contributed by atoms with E-state index in [2.05, 4.69) is 28.6 Å². The van der Waals surface area contributed by atoms with Crippen molar-refractivity contribution in [3.8, 4) is 0 Å². The third kappa shape index (κ3) is 2.99. The number of hydrogen-bond acceptors (Lipinski definition) is 4. The monoisotopic (exact) mass is 289 g/mol. The molecule has 1 saturated carbocycles. The first-order valence-corrected chi connectivity index (χ1v) is 7.91. The summed E-state index contributed by atoms with van der Waals surface area (Å²) in [7, 11) is 0. The summed E-state index contributed by atoms with van der Waals surface area (Å²) < 4.78 is 1.19. The number of thiophene rings is 1. The number of pyridine rings is 1. The molecule has 4 nitrogen and oxygen atoms in total. The molecule has 106 valence electrons. The number of carbonyl (C=O) groups is 1. The first-order valence-electron chi connectivity index (χ1n) is 7.03. The van der Waals surface area contributed by atoms with Crippen LogP contribution in [-0.2, 0) is 4.79 Å². The normalized spacial score (nSPS) is 17.9. The van der Waals surface area contributed by atoms with E-state index in [-0.39, 0.29) is 18.0 Å². The third-order valence-corrected chi connectivity index (χ3v) is 4.49. The fraction of sp³-hybridized carbons (Fsp3) is 0.467. The molecule has 0 radical (unpaired) electrons. The van der Waals surface area contributed by atoms with Gasteiger partial charge in [0.1, 0.15) is 0 Å². The zero-order valence-electron chi connectivity index (χ0n) is 11.7. The molecule has 2 N–H and O–H groups in total. The van der Waals surface area contributed by atoms with Crippen LogP contribution in [0.1, 0.15) is 38.3 Å². The summed E-state index contributed by atoms with van der Waals surface area (Å²) in [5.41, 5.74) is 2.15. The van der Waals surface area contributed by atoms with Crippen molar-refractivity contribution in [3.63, 3.8) is 0 Å². The topological polar surface area (TPSA) is 54.0 Å². The number of nitrogens with one attached hydrogen (secondary N) is 2. The Labute approximate surface area is 122 Å². The van der Waals surface area contributed by atoms with Crippen LogP contribution in [0.2, 0.25) is 0 Å². The fourth-order valence-corrected chi connectivity index (χ4v) is 2.99. The number of rotatable bonds is 5. The van der Waals surface area contributed by atoms with Gasteiger partial charge in [0.15, 0.2) is 0 Å². The molecule has 2 heterocycles. The zero-order valence-corrected chi connectivity index (χ0v) is 12.5. The van der Waals surface area contributed by atoms with Gasteiger partial charge in [-0.05, 0) is 49.8 Å². The van der Waals surface area contributed by atoms with Crippen molar-refractivity contribution < 1.29 is 4.79 Å². The molecule has 0 spiro atoms. The van der Waals surface area contributed by atoms with Gasteiger partial charge in [0.2, 0.25) is 5.91 Å². The van der Waals surface area contributed by atoms with Gasteiger partial charge in [-0.15, -0.1) is 11.3 Å². The molecule has 5 heteroatoms. The molecule has 0 bridgehead atoms. The van der Waals surface area contributed by atoms with E-state index in [1.54, 1.807) is 11.3 Å². The zero-order chi connectivity index (χ0) is 14.1. The average molecular weight is 289 g/mol. The van der Waals surface area contributed by atoms with Crippen LogP contribution in [0.5, 0.6) is 0 Å². The summed E-state index contributed by atoms with van der Waals surface area (Å²) in [4.78, 5) is 16.4. The Hall–Kier alpha value is -1.46. The second-order valence-corrected chi connectivity index (χ2v) is 6.41. The molecule has 0 aromatic carbocycles. The van der Waals surface area contributed by atoms with Crippen LogP contribution in [-0.4, -0.2) is 23.0 Å². The standard InChI is InChI=1S/C15H19N3OS/c1-9(17-10(2)15(19)18-12-3-4-12)11-7-14-13(16-8-11)5-6-20-14/h5-10,12,17H,3-4H2,1-2H3,(H,18,19).